The first-order valence-corrected chi connectivity index (χ1v) is 7.10. The van der Waals surface area contributed by atoms with Gasteiger partial charge in [0, 0.05) is 10.3 Å². The van der Waals surface area contributed by atoms with Gasteiger partial charge in [-0.25, -0.2) is 0 Å². The van der Waals surface area contributed by atoms with Crippen LogP contribution in [0.25, 0.3) is 0 Å². The number of carbonyl (C=O) groups excluding carboxylic acids is 1. The zero-order chi connectivity index (χ0) is 11.7. The highest BCUT2D eigenvalue weighted by Crippen LogP contribution is 2.35. The van der Waals surface area contributed by atoms with Crippen LogP contribution in [0.1, 0.15) is 17.9 Å². The topological polar surface area (TPSA) is 26.3 Å². The van der Waals surface area contributed by atoms with Gasteiger partial charge in [0.25, 0.3) is 0 Å². The highest BCUT2D eigenvalue weighted by atomic mass is 127. The Morgan fingerprint density at radius 3 is 2.75 bits per heavy atom. The second-order valence-corrected chi connectivity index (χ2v) is 5.36. The van der Waals surface area contributed by atoms with Crippen molar-refractivity contribution in [1.29, 1.82) is 0 Å². The summed E-state index contributed by atoms with van der Waals surface area (Å²) in [5, 5.41) is 1.05. The Labute approximate surface area is 117 Å². The van der Waals surface area contributed by atoms with Gasteiger partial charge in [0.15, 0.2) is 0 Å². The molecular weight excluding hydrogens is 362 g/mol. The van der Waals surface area contributed by atoms with Gasteiger partial charge in [0.1, 0.15) is 6.10 Å². The van der Waals surface area contributed by atoms with Crippen LogP contribution in [-0.4, -0.2) is 16.5 Å². The summed E-state index contributed by atoms with van der Waals surface area (Å²) in [4.78, 5) is 11.3. The van der Waals surface area contributed by atoms with Crippen molar-refractivity contribution < 1.29 is 9.53 Å². The number of hydrogen-bond donors (Lipinski definition) is 0. The minimum Gasteiger partial charge on any atom is -0.461 e. The molecule has 2 atom stereocenters. The van der Waals surface area contributed by atoms with Crippen molar-refractivity contribution >= 4 is 51.8 Å². The van der Waals surface area contributed by atoms with Crippen LogP contribution >= 0.6 is 45.8 Å². The minimum atomic E-state index is -0.141. The third-order valence-corrected chi connectivity index (χ3v) is 4.25. The van der Waals surface area contributed by atoms with E-state index in [1.807, 2.05) is 12.1 Å². The van der Waals surface area contributed by atoms with Gasteiger partial charge in [-0.05, 0) is 17.7 Å². The Morgan fingerprint density at radius 2 is 2.12 bits per heavy atom. The van der Waals surface area contributed by atoms with Gasteiger partial charge in [-0.15, -0.1) is 0 Å². The van der Waals surface area contributed by atoms with E-state index in [1.54, 1.807) is 6.07 Å². The molecule has 1 fully saturated rings. The normalized spacial score (nSPS) is 24.6. The maximum Gasteiger partial charge on any atom is 0.306 e. The van der Waals surface area contributed by atoms with Gasteiger partial charge in [0.2, 0.25) is 0 Å². The minimum absolute atomic E-state index is 0.0506. The molecule has 1 heterocycles. The Hall–Kier alpha value is -0.0000000000000000555. The third-order valence-electron chi connectivity index (χ3n) is 2.64. The average Bonchev–Trinajstić information content (AvgIpc) is 2.63. The summed E-state index contributed by atoms with van der Waals surface area (Å²) in [5.74, 6) is -0.0445. The van der Waals surface area contributed by atoms with Gasteiger partial charge >= 0.3 is 5.97 Å². The molecule has 1 aromatic rings. The molecule has 0 spiro atoms. The maximum atomic E-state index is 11.3. The summed E-state index contributed by atoms with van der Waals surface area (Å²) in [6.45, 7) is 0. The molecule has 1 aliphatic heterocycles. The predicted molar refractivity (Wildman–Crippen MR) is 72.6 cm³/mol. The first-order valence-electron chi connectivity index (χ1n) is 4.82. The molecule has 16 heavy (non-hydrogen) atoms. The molecule has 2 rings (SSSR count). The van der Waals surface area contributed by atoms with Crippen LogP contribution in [0.5, 0.6) is 0 Å². The van der Waals surface area contributed by atoms with E-state index in [0.29, 0.717) is 16.5 Å². The number of esters is 1. The van der Waals surface area contributed by atoms with Gasteiger partial charge in [-0.1, -0.05) is 51.9 Å². The van der Waals surface area contributed by atoms with E-state index in [9.17, 15) is 4.79 Å². The Balaban J connectivity index is 2.29. The molecule has 0 bridgehead atoms. The number of ether oxygens (including phenoxy) is 1. The molecule has 0 amide bonds. The molecule has 5 heteroatoms. The number of hydrogen-bond acceptors (Lipinski definition) is 2. The summed E-state index contributed by atoms with van der Waals surface area (Å²) in [7, 11) is 0. The fraction of sp³-hybridized carbons (Fsp3) is 0.364. The molecule has 2 unspecified atom stereocenters. The van der Waals surface area contributed by atoms with Gasteiger partial charge in [-0.3, -0.25) is 4.79 Å². The van der Waals surface area contributed by atoms with Crippen molar-refractivity contribution in [2.75, 3.05) is 4.43 Å². The number of carbonyl (C=O) groups is 1. The van der Waals surface area contributed by atoms with Crippen molar-refractivity contribution in [2.24, 2.45) is 0 Å². The number of rotatable bonds is 2. The number of benzene rings is 1. The summed E-state index contributed by atoms with van der Waals surface area (Å²) < 4.78 is 6.01. The van der Waals surface area contributed by atoms with E-state index in [0.717, 1.165) is 9.99 Å². The first kappa shape index (κ1) is 12.5. The monoisotopic (exact) mass is 370 g/mol. The lowest BCUT2D eigenvalue weighted by atomic mass is 9.93. The largest absolute Gasteiger partial charge is 0.461 e. The fourth-order valence-corrected chi connectivity index (χ4v) is 2.92. The van der Waals surface area contributed by atoms with E-state index in [2.05, 4.69) is 22.6 Å². The van der Waals surface area contributed by atoms with Gasteiger partial charge in [0.05, 0.1) is 16.5 Å². The Kier molecular flexibility index (Phi) is 3.97. The van der Waals surface area contributed by atoms with E-state index in [1.165, 1.54) is 0 Å². The molecule has 2 nitrogen and oxygen atoms in total. The molecule has 0 radical (unpaired) electrons. The van der Waals surface area contributed by atoms with Crippen molar-refractivity contribution in [2.45, 2.75) is 18.4 Å². The van der Waals surface area contributed by atoms with Crippen molar-refractivity contribution in [3.8, 4) is 0 Å². The Morgan fingerprint density at radius 1 is 1.38 bits per heavy atom. The summed E-state index contributed by atoms with van der Waals surface area (Å²) in [5.41, 5.74) is 1.02. The van der Waals surface area contributed by atoms with E-state index in [4.69, 9.17) is 27.9 Å². The van der Waals surface area contributed by atoms with E-state index >= 15 is 0 Å². The van der Waals surface area contributed by atoms with E-state index < -0.39 is 0 Å². The van der Waals surface area contributed by atoms with Gasteiger partial charge < -0.3 is 4.74 Å². The highest BCUT2D eigenvalue weighted by Gasteiger charge is 2.35. The summed E-state index contributed by atoms with van der Waals surface area (Å²) in [6.07, 6.45) is 0.372. The van der Waals surface area contributed by atoms with Crippen molar-refractivity contribution in [3.63, 3.8) is 0 Å². The van der Waals surface area contributed by atoms with Crippen LogP contribution in [0, 0.1) is 0 Å². The standard InChI is InChI=1S/C11H9Cl2IO2/c12-8-2-1-6(3-9(8)13)7-4-11(15)16-10(7)5-14/h1-3,7,10H,4-5H2. The molecule has 0 aliphatic carbocycles. The van der Waals surface area contributed by atoms with Gasteiger partial charge in [-0.2, -0.15) is 0 Å². The average molecular weight is 371 g/mol. The predicted octanol–water partition coefficient (Wildman–Crippen LogP) is 3.83. The number of halogens is 3. The number of alkyl halides is 1. The SMILES string of the molecule is O=C1CC(c2ccc(Cl)c(Cl)c2)C(CI)O1. The highest BCUT2D eigenvalue weighted by molar-refractivity contribution is 14.1. The molecule has 1 aliphatic rings. The van der Waals surface area contributed by atoms with Crippen LogP contribution in [-0.2, 0) is 9.53 Å². The maximum absolute atomic E-state index is 11.3. The molecule has 0 saturated carbocycles. The van der Waals surface area contributed by atoms with Crippen LogP contribution in [0.2, 0.25) is 10.0 Å². The van der Waals surface area contributed by atoms with Crippen LogP contribution in [0.3, 0.4) is 0 Å². The lowest BCUT2D eigenvalue weighted by Crippen LogP contribution is -2.15. The van der Waals surface area contributed by atoms with Crippen LogP contribution in [0.4, 0.5) is 0 Å². The molecule has 1 saturated heterocycles. The lowest BCUT2D eigenvalue weighted by molar-refractivity contribution is -0.140. The second-order valence-electron chi connectivity index (χ2n) is 3.67. The lowest BCUT2D eigenvalue weighted by Gasteiger charge is -2.15. The smallest absolute Gasteiger partial charge is 0.306 e. The molecular formula is C11H9Cl2IO2. The summed E-state index contributed by atoms with van der Waals surface area (Å²) in [6, 6.07) is 5.47. The molecule has 0 aromatic heterocycles. The zero-order valence-corrected chi connectivity index (χ0v) is 11.9. The quantitative estimate of drug-likeness (QED) is 0.449. The molecule has 0 N–H and O–H groups in total. The van der Waals surface area contributed by atoms with Crippen molar-refractivity contribution in [3.05, 3.63) is 33.8 Å². The zero-order valence-electron chi connectivity index (χ0n) is 8.25. The Bertz CT molecular complexity index is 422. The van der Waals surface area contributed by atoms with Crippen LogP contribution in [0.15, 0.2) is 18.2 Å². The second kappa shape index (κ2) is 5.10. The fourth-order valence-electron chi connectivity index (χ4n) is 1.82. The van der Waals surface area contributed by atoms with Crippen molar-refractivity contribution in [1.82, 2.24) is 0 Å². The van der Waals surface area contributed by atoms with Crippen LogP contribution < -0.4 is 0 Å². The third kappa shape index (κ3) is 2.46. The van der Waals surface area contributed by atoms with E-state index in [-0.39, 0.29) is 18.0 Å². The first-order chi connectivity index (χ1) is 7.61. The molecule has 1 aromatic carbocycles. The molecule has 86 valence electrons. The summed E-state index contributed by atoms with van der Waals surface area (Å²) >= 11 is 14.0. The number of cyclic esters (lactones) is 1.